The number of aliphatic carboxylic acids is 1. The molecule has 1 aromatic rings. The molecule has 1 aliphatic heterocycles. The van der Waals surface area contributed by atoms with Crippen LogP contribution in [0.3, 0.4) is 0 Å². The number of rotatable bonds is 4. The molecule has 1 heterocycles. The van der Waals surface area contributed by atoms with Crippen molar-refractivity contribution in [2.75, 3.05) is 20.2 Å². The molecule has 1 fully saturated rings. The summed E-state index contributed by atoms with van der Waals surface area (Å²) < 4.78 is 69.1. The molecule has 7 nitrogen and oxygen atoms in total. The number of hydrogen-bond acceptors (Lipinski definition) is 5. The van der Waals surface area contributed by atoms with E-state index in [1.807, 2.05) is 0 Å². The van der Waals surface area contributed by atoms with Crippen molar-refractivity contribution in [3.8, 4) is 0 Å². The fraction of sp³-hybridized carbons (Fsp3) is 0.429. The molecule has 25 heavy (non-hydrogen) atoms. The third kappa shape index (κ3) is 3.76. The summed E-state index contributed by atoms with van der Waals surface area (Å²) in [6.45, 7) is -1.80. The minimum Gasteiger partial charge on any atom is -0.481 e. The minimum atomic E-state index is -4.85. The van der Waals surface area contributed by atoms with E-state index in [2.05, 4.69) is 4.74 Å². The van der Waals surface area contributed by atoms with Gasteiger partial charge in [-0.15, -0.1) is 0 Å². The molecular formula is C14H14F3NO6S. The van der Waals surface area contributed by atoms with Crippen LogP contribution in [0, 0.1) is 11.8 Å². The number of esters is 1. The van der Waals surface area contributed by atoms with Gasteiger partial charge in [0.05, 0.1) is 29.4 Å². The van der Waals surface area contributed by atoms with Crippen LogP contribution in [0.25, 0.3) is 0 Å². The Morgan fingerprint density at radius 1 is 1.28 bits per heavy atom. The van der Waals surface area contributed by atoms with Crippen molar-refractivity contribution in [2.45, 2.75) is 11.1 Å². The zero-order valence-electron chi connectivity index (χ0n) is 12.9. The van der Waals surface area contributed by atoms with E-state index in [0.29, 0.717) is 4.31 Å². The molecule has 0 aromatic heterocycles. The molecule has 0 radical (unpaired) electrons. The van der Waals surface area contributed by atoms with E-state index in [0.717, 1.165) is 19.2 Å². The molecule has 1 aromatic carbocycles. The number of nitrogens with zero attached hydrogens (tertiary/aromatic N) is 1. The fourth-order valence-electron chi connectivity index (χ4n) is 2.60. The van der Waals surface area contributed by atoms with Crippen molar-refractivity contribution < 1.29 is 41.0 Å². The minimum absolute atomic E-state index is 0.0927. The number of carboxylic acids is 1. The number of hydrogen-bond donors (Lipinski definition) is 1. The zero-order valence-corrected chi connectivity index (χ0v) is 13.7. The summed E-state index contributed by atoms with van der Waals surface area (Å²) in [6.07, 6.45) is -4.85. The monoisotopic (exact) mass is 381 g/mol. The molecule has 0 saturated carbocycles. The Balaban J connectivity index is 2.38. The Labute approximate surface area is 141 Å². The summed E-state index contributed by atoms with van der Waals surface area (Å²) in [6, 6.07) is 4.61. The average Bonchev–Trinajstić information content (AvgIpc) is 3.01. The van der Waals surface area contributed by atoms with Crippen molar-refractivity contribution in [2.24, 2.45) is 11.8 Å². The molecule has 0 amide bonds. The molecule has 0 aliphatic carbocycles. The molecule has 11 heteroatoms. The van der Waals surface area contributed by atoms with Crippen LogP contribution in [0.5, 0.6) is 0 Å². The standard InChI is InChI=1S/C14H14F3NO6S/c1-24-13(21)8-3-2-4-9(5-8)25(22,23)18-6-10(12(19)20)11(7-18)14(15,16)17/h2-5,10-11H,6-7H2,1H3,(H,19,20)/t10-,11-/m1/s1. The van der Waals surface area contributed by atoms with Crippen LogP contribution < -0.4 is 0 Å². The van der Waals surface area contributed by atoms with Crippen molar-refractivity contribution in [1.29, 1.82) is 0 Å². The van der Waals surface area contributed by atoms with Gasteiger partial charge in [0.25, 0.3) is 0 Å². The highest BCUT2D eigenvalue weighted by Crippen LogP contribution is 2.39. The average molecular weight is 381 g/mol. The second kappa shape index (κ2) is 6.64. The first-order valence-corrected chi connectivity index (χ1v) is 8.40. The molecule has 1 N–H and O–H groups in total. The van der Waals surface area contributed by atoms with Gasteiger partial charge in [0.15, 0.2) is 0 Å². The van der Waals surface area contributed by atoms with Gasteiger partial charge in [0, 0.05) is 13.1 Å². The number of sulfonamides is 1. The Kier molecular flexibility index (Phi) is 5.09. The van der Waals surface area contributed by atoms with Gasteiger partial charge >= 0.3 is 18.1 Å². The smallest absolute Gasteiger partial charge is 0.393 e. The summed E-state index contributed by atoms with van der Waals surface area (Å²) in [4.78, 5) is 22.1. The van der Waals surface area contributed by atoms with E-state index in [-0.39, 0.29) is 5.56 Å². The predicted molar refractivity (Wildman–Crippen MR) is 77.2 cm³/mol. The lowest BCUT2D eigenvalue weighted by Gasteiger charge is -2.18. The molecule has 2 rings (SSSR count). The first kappa shape index (κ1) is 19.2. The normalized spacial score (nSPS) is 21.9. The highest BCUT2D eigenvalue weighted by atomic mass is 32.2. The molecule has 1 saturated heterocycles. The first-order valence-electron chi connectivity index (χ1n) is 6.96. The Bertz CT molecular complexity index is 792. The largest absolute Gasteiger partial charge is 0.481 e. The molecule has 0 unspecified atom stereocenters. The maximum absolute atomic E-state index is 13.0. The molecule has 1 aliphatic rings. The zero-order chi connectivity index (χ0) is 19.0. The molecular weight excluding hydrogens is 367 g/mol. The Hall–Kier alpha value is -2.14. The van der Waals surface area contributed by atoms with Crippen LogP contribution in [-0.2, 0) is 19.6 Å². The molecule has 0 spiro atoms. The third-order valence-electron chi connectivity index (χ3n) is 3.92. The highest BCUT2D eigenvalue weighted by molar-refractivity contribution is 7.89. The van der Waals surface area contributed by atoms with Crippen molar-refractivity contribution in [1.82, 2.24) is 4.31 Å². The fourth-order valence-corrected chi connectivity index (χ4v) is 4.13. The van der Waals surface area contributed by atoms with Gasteiger partial charge < -0.3 is 9.84 Å². The number of carbonyl (C=O) groups is 2. The molecule has 2 atom stereocenters. The molecule has 138 valence electrons. The lowest BCUT2D eigenvalue weighted by Crippen LogP contribution is -2.34. The topological polar surface area (TPSA) is 101 Å². The van der Waals surface area contributed by atoms with Crippen LogP contribution in [0.15, 0.2) is 29.2 Å². The van der Waals surface area contributed by atoms with Crippen LogP contribution in [0.2, 0.25) is 0 Å². The third-order valence-corrected chi connectivity index (χ3v) is 5.74. The number of carbonyl (C=O) groups excluding carboxylic acids is 1. The van der Waals surface area contributed by atoms with E-state index < -0.39 is 58.0 Å². The number of benzene rings is 1. The van der Waals surface area contributed by atoms with Crippen LogP contribution in [0.1, 0.15) is 10.4 Å². The van der Waals surface area contributed by atoms with Crippen LogP contribution in [-0.4, -0.2) is 56.1 Å². The van der Waals surface area contributed by atoms with Gasteiger partial charge in [-0.3, -0.25) is 4.79 Å². The number of methoxy groups -OCH3 is 1. The maximum atomic E-state index is 13.0. The van der Waals surface area contributed by atoms with Crippen LogP contribution in [0.4, 0.5) is 13.2 Å². The van der Waals surface area contributed by atoms with Crippen molar-refractivity contribution >= 4 is 22.0 Å². The highest BCUT2D eigenvalue weighted by Gasteiger charge is 2.54. The number of ether oxygens (including phenoxy) is 1. The van der Waals surface area contributed by atoms with Crippen molar-refractivity contribution in [3.63, 3.8) is 0 Å². The maximum Gasteiger partial charge on any atom is 0.393 e. The van der Waals surface area contributed by atoms with Gasteiger partial charge in [0.2, 0.25) is 10.0 Å². The van der Waals surface area contributed by atoms with E-state index in [4.69, 9.17) is 5.11 Å². The van der Waals surface area contributed by atoms with Gasteiger partial charge in [-0.25, -0.2) is 13.2 Å². The van der Waals surface area contributed by atoms with Gasteiger partial charge in [-0.2, -0.15) is 17.5 Å². The second-order valence-electron chi connectivity index (χ2n) is 5.43. The summed E-state index contributed by atoms with van der Waals surface area (Å²) in [5, 5.41) is 8.97. The SMILES string of the molecule is COC(=O)c1cccc(S(=O)(=O)N2C[C@@H](C(F)(F)F)[C@H](C(=O)O)C2)c1. The summed E-state index contributed by atoms with van der Waals surface area (Å²) in [7, 11) is -3.31. The lowest BCUT2D eigenvalue weighted by atomic mass is 9.96. The summed E-state index contributed by atoms with van der Waals surface area (Å²) in [5.41, 5.74) is -0.0927. The quantitative estimate of drug-likeness (QED) is 0.791. The summed E-state index contributed by atoms with van der Waals surface area (Å²) >= 11 is 0. The first-order chi connectivity index (χ1) is 11.5. The Morgan fingerprint density at radius 2 is 1.92 bits per heavy atom. The van der Waals surface area contributed by atoms with Gasteiger partial charge in [-0.05, 0) is 18.2 Å². The van der Waals surface area contributed by atoms with E-state index in [9.17, 15) is 31.2 Å². The predicted octanol–water partition coefficient (Wildman–Crippen LogP) is 1.36. The molecule has 0 bridgehead atoms. The van der Waals surface area contributed by atoms with E-state index >= 15 is 0 Å². The number of alkyl halides is 3. The Morgan fingerprint density at radius 3 is 2.40 bits per heavy atom. The lowest BCUT2D eigenvalue weighted by molar-refractivity contribution is -0.187. The van der Waals surface area contributed by atoms with E-state index in [1.165, 1.54) is 12.1 Å². The summed E-state index contributed by atoms with van der Waals surface area (Å²) in [5.74, 6) is -6.72. The van der Waals surface area contributed by atoms with E-state index in [1.54, 1.807) is 0 Å². The van der Waals surface area contributed by atoms with Crippen LogP contribution >= 0.6 is 0 Å². The second-order valence-corrected chi connectivity index (χ2v) is 7.37. The van der Waals surface area contributed by atoms with Crippen molar-refractivity contribution in [3.05, 3.63) is 29.8 Å². The van der Waals surface area contributed by atoms with Gasteiger partial charge in [0.1, 0.15) is 0 Å². The number of halogens is 3. The van der Waals surface area contributed by atoms with Gasteiger partial charge in [-0.1, -0.05) is 6.07 Å². The number of carboxylic acid groups (broad SMARTS) is 1.